The zero-order chi connectivity index (χ0) is 13.9. The molecule has 0 spiro atoms. The van der Waals surface area contributed by atoms with Gasteiger partial charge in [-0.1, -0.05) is 12.1 Å². The molecular weight excluding hydrogens is 262 g/mol. The van der Waals surface area contributed by atoms with Gasteiger partial charge in [0.1, 0.15) is 4.92 Å². The van der Waals surface area contributed by atoms with E-state index in [2.05, 4.69) is 20.5 Å². The molecule has 3 rings (SSSR count). The van der Waals surface area contributed by atoms with Crippen LogP contribution < -0.4 is 5.43 Å². The molecule has 0 amide bonds. The van der Waals surface area contributed by atoms with Crippen molar-refractivity contribution in [3.05, 3.63) is 52.3 Å². The van der Waals surface area contributed by atoms with Gasteiger partial charge in [-0.2, -0.15) is 5.10 Å². The smallest absolute Gasteiger partial charge is 0.400 e. The van der Waals surface area contributed by atoms with Gasteiger partial charge in [-0.25, -0.2) is 10.4 Å². The first-order chi connectivity index (χ1) is 9.72. The molecule has 3 aromatic rings. The summed E-state index contributed by atoms with van der Waals surface area (Å²) >= 11 is 0. The Labute approximate surface area is 112 Å². The monoisotopic (exact) mass is 271 g/mol. The first-order valence-corrected chi connectivity index (χ1v) is 5.70. The lowest BCUT2D eigenvalue weighted by atomic mass is 10.3. The number of rotatable bonds is 4. The molecule has 8 heteroatoms. The highest BCUT2D eigenvalue weighted by atomic mass is 16.6. The Kier molecular flexibility index (Phi) is 2.88. The Morgan fingerprint density at radius 3 is 2.95 bits per heavy atom. The van der Waals surface area contributed by atoms with Crippen LogP contribution in [0.15, 0.2) is 45.9 Å². The average Bonchev–Trinajstić information content (AvgIpc) is 3.04. The summed E-state index contributed by atoms with van der Waals surface area (Å²) in [6, 6.07) is 10.3. The van der Waals surface area contributed by atoms with Crippen LogP contribution in [0.2, 0.25) is 0 Å². The van der Waals surface area contributed by atoms with Gasteiger partial charge in [0, 0.05) is 0 Å². The molecule has 0 atom stereocenters. The number of nitro groups is 1. The fourth-order valence-electron chi connectivity index (χ4n) is 1.67. The number of para-hydroxylation sites is 2. The summed E-state index contributed by atoms with van der Waals surface area (Å²) in [5.41, 5.74) is 4.40. The molecule has 0 unspecified atom stereocenters. The topological polar surface area (TPSA) is 109 Å². The van der Waals surface area contributed by atoms with Crippen LogP contribution in [-0.2, 0) is 0 Å². The van der Waals surface area contributed by atoms with Crippen LogP contribution >= 0.6 is 0 Å². The summed E-state index contributed by atoms with van der Waals surface area (Å²) in [4.78, 5) is 17.1. The quantitative estimate of drug-likeness (QED) is 0.430. The number of H-pyrrole nitrogens is 1. The van der Waals surface area contributed by atoms with E-state index in [9.17, 15) is 10.1 Å². The molecule has 0 bridgehead atoms. The van der Waals surface area contributed by atoms with Crippen molar-refractivity contribution < 1.29 is 9.34 Å². The molecule has 0 fully saturated rings. The molecule has 2 aromatic heterocycles. The van der Waals surface area contributed by atoms with Gasteiger partial charge in [0.25, 0.3) is 0 Å². The van der Waals surface area contributed by atoms with Crippen molar-refractivity contribution in [3.8, 4) is 0 Å². The van der Waals surface area contributed by atoms with Gasteiger partial charge in [-0.3, -0.25) is 10.1 Å². The highest BCUT2D eigenvalue weighted by Crippen LogP contribution is 2.15. The van der Waals surface area contributed by atoms with E-state index in [-0.39, 0.29) is 11.6 Å². The molecule has 0 saturated heterocycles. The number of imidazole rings is 1. The largest absolute Gasteiger partial charge is 0.433 e. The van der Waals surface area contributed by atoms with E-state index in [1.807, 2.05) is 24.3 Å². The third kappa shape index (κ3) is 2.34. The maximum atomic E-state index is 10.4. The molecule has 0 aliphatic carbocycles. The molecule has 0 aliphatic heterocycles. The van der Waals surface area contributed by atoms with E-state index in [4.69, 9.17) is 4.42 Å². The second-order valence-electron chi connectivity index (χ2n) is 3.91. The van der Waals surface area contributed by atoms with Crippen molar-refractivity contribution in [2.24, 2.45) is 5.10 Å². The summed E-state index contributed by atoms with van der Waals surface area (Å²) in [5.74, 6) is 0.430. The zero-order valence-corrected chi connectivity index (χ0v) is 10.1. The van der Waals surface area contributed by atoms with Crippen LogP contribution in [0.1, 0.15) is 5.76 Å². The van der Waals surface area contributed by atoms with Gasteiger partial charge in [0.2, 0.25) is 5.95 Å². The van der Waals surface area contributed by atoms with Gasteiger partial charge in [0.15, 0.2) is 5.76 Å². The van der Waals surface area contributed by atoms with Crippen LogP contribution in [0.3, 0.4) is 0 Å². The van der Waals surface area contributed by atoms with Gasteiger partial charge in [-0.15, -0.1) is 0 Å². The number of hydrogen-bond donors (Lipinski definition) is 2. The first-order valence-electron chi connectivity index (χ1n) is 5.70. The lowest BCUT2D eigenvalue weighted by Crippen LogP contribution is -1.91. The first kappa shape index (κ1) is 11.9. The minimum atomic E-state index is -0.607. The number of furan rings is 1. The Morgan fingerprint density at radius 2 is 2.20 bits per heavy atom. The van der Waals surface area contributed by atoms with Crippen LogP contribution in [0.4, 0.5) is 11.8 Å². The maximum Gasteiger partial charge on any atom is 0.433 e. The zero-order valence-electron chi connectivity index (χ0n) is 10.1. The van der Waals surface area contributed by atoms with Crippen LogP contribution in [0.25, 0.3) is 11.0 Å². The van der Waals surface area contributed by atoms with Gasteiger partial charge >= 0.3 is 5.88 Å². The van der Waals surface area contributed by atoms with Gasteiger partial charge in [0.05, 0.1) is 23.3 Å². The molecule has 2 N–H and O–H groups in total. The third-order valence-corrected chi connectivity index (χ3v) is 2.54. The molecule has 0 radical (unpaired) electrons. The second-order valence-corrected chi connectivity index (χ2v) is 3.91. The van der Waals surface area contributed by atoms with Crippen LogP contribution in [0.5, 0.6) is 0 Å². The molecule has 100 valence electrons. The minimum Gasteiger partial charge on any atom is -0.400 e. The summed E-state index contributed by atoms with van der Waals surface area (Å²) in [7, 11) is 0. The highest BCUT2D eigenvalue weighted by molar-refractivity contribution is 5.79. The standard InChI is InChI=1S/C12H9N5O3/c18-17(19)11-6-5-8(20-11)7-13-16-12-14-9-3-1-2-4-10(9)15-12/h1-7H,(H2,14,15,16). The van der Waals surface area contributed by atoms with Crippen molar-refractivity contribution in [2.45, 2.75) is 0 Å². The Morgan fingerprint density at radius 1 is 1.35 bits per heavy atom. The number of hydrazone groups is 1. The number of aromatic nitrogens is 2. The molecular formula is C12H9N5O3. The number of nitrogens with zero attached hydrogens (tertiary/aromatic N) is 3. The summed E-state index contributed by atoms with van der Waals surface area (Å²) < 4.78 is 4.92. The molecule has 8 nitrogen and oxygen atoms in total. The van der Waals surface area contributed by atoms with Gasteiger partial charge < -0.3 is 9.40 Å². The maximum absolute atomic E-state index is 10.4. The number of fused-ring (bicyclic) bond motifs is 1. The van der Waals surface area contributed by atoms with Crippen LogP contribution in [-0.4, -0.2) is 21.1 Å². The molecule has 2 heterocycles. The Bertz CT molecular complexity index is 756. The number of benzene rings is 1. The molecule has 1 aromatic carbocycles. The van der Waals surface area contributed by atoms with Crippen molar-refractivity contribution in [2.75, 3.05) is 5.43 Å². The Hall–Kier alpha value is -3.16. The van der Waals surface area contributed by atoms with Crippen molar-refractivity contribution in [1.29, 1.82) is 0 Å². The minimum absolute atomic E-state index is 0.278. The van der Waals surface area contributed by atoms with E-state index in [0.717, 1.165) is 11.0 Å². The average molecular weight is 271 g/mol. The van der Waals surface area contributed by atoms with Crippen LogP contribution in [0, 0.1) is 10.1 Å². The van der Waals surface area contributed by atoms with E-state index in [0.29, 0.717) is 5.95 Å². The van der Waals surface area contributed by atoms with Crippen molar-refractivity contribution in [3.63, 3.8) is 0 Å². The number of hydrogen-bond acceptors (Lipinski definition) is 6. The van der Waals surface area contributed by atoms with Gasteiger partial charge in [-0.05, 0) is 18.2 Å². The lowest BCUT2D eigenvalue weighted by Gasteiger charge is -1.91. The SMILES string of the molecule is O=[N+]([O-])c1ccc(C=NNc2nc3ccccc3[nH]2)o1. The third-order valence-electron chi connectivity index (χ3n) is 2.54. The van der Waals surface area contributed by atoms with Crippen molar-refractivity contribution in [1.82, 2.24) is 9.97 Å². The number of anilines is 1. The number of nitrogens with one attached hydrogen (secondary N) is 2. The van der Waals surface area contributed by atoms with E-state index in [1.165, 1.54) is 18.3 Å². The molecule has 0 aliphatic rings. The molecule has 20 heavy (non-hydrogen) atoms. The molecule has 0 saturated carbocycles. The second kappa shape index (κ2) is 4.84. The summed E-state index contributed by atoms with van der Waals surface area (Å²) in [6.45, 7) is 0. The lowest BCUT2D eigenvalue weighted by molar-refractivity contribution is -0.402. The fourth-order valence-corrected chi connectivity index (χ4v) is 1.67. The van der Waals surface area contributed by atoms with Crippen molar-refractivity contribution >= 4 is 29.1 Å². The normalized spacial score (nSPS) is 11.2. The summed E-state index contributed by atoms with van der Waals surface area (Å²) in [6.07, 6.45) is 1.33. The number of aromatic amines is 1. The van der Waals surface area contributed by atoms with E-state index in [1.54, 1.807) is 0 Å². The summed E-state index contributed by atoms with van der Waals surface area (Å²) in [5, 5.41) is 14.3. The van der Waals surface area contributed by atoms with E-state index >= 15 is 0 Å². The Balaban J connectivity index is 1.71. The highest BCUT2D eigenvalue weighted by Gasteiger charge is 2.10. The predicted octanol–water partition coefficient (Wildman–Crippen LogP) is 2.51. The fraction of sp³-hybridized carbons (Fsp3) is 0. The van der Waals surface area contributed by atoms with E-state index < -0.39 is 4.92 Å². The predicted molar refractivity (Wildman–Crippen MR) is 72.7 cm³/mol.